The van der Waals surface area contributed by atoms with E-state index in [-0.39, 0.29) is 12.0 Å². The maximum absolute atomic E-state index is 9.54. The van der Waals surface area contributed by atoms with Gasteiger partial charge in [-0.2, -0.15) is 4.98 Å². The zero-order valence-electron chi connectivity index (χ0n) is 15.3. The van der Waals surface area contributed by atoms with Gasteiger partial charge in [0.2, 0.25) is 5.95 Å². The van der Waals surface area contributed by atoms with E-state index in [2.05, 4.69) is 56.7 Å². The maximum atomic E-state index is 9.54. The molecule has 1 aromatic carbocycles. The second kappa shape index (κ2) is 6.61. The molecule has 4 rings (SSSR count). The standard InChI is InChI=1S/C20H25N5O/c1-13-9-14-5-3-4-6-18(14)25(13)8-7-24(2)19-12-17(22-20(21)23-19)15-10-16(26)11-15/h3-6,9,12,15-16,26H,7-8,10-11H2,1-2H3,(H2,21,22,23). The molecule has 0 saturated heterocycles. The van der Waals surface area contributed by atoms with Crippen LogP contribution in [0.15, 0.2) is 36.4 Å². The Morgan fingerprint density at radius 3 is 2.77 bits per heavy atom. The summed E-state index contributed by atoms with van der Waals surface area (Å²) in [5.74, 6) is 1.43. The molecule has 0 spiro atoms. The number of aryl methyl sites for hydroxylation is 1. The van der Waals surface area contributed by atoms with Crippen molar-refractivity contribution in [1.29, 1.82) is 0 Å². The van der Waals surface area contributed by atoms with Crippen LogP contribution in [-0.4, -0.2) is 39.3 Å². The maximum Gasteiger partial charge on any atom is 0.222 e. The van der Waals surface area contributed by atoms with E-state index >= 15 is 0 Å². The molecule has 6 nitrogen and oxygen atoms in total. The van der Waals surface area contributed by atoms with Crippen molar-refractivity contribution < 1.29 is 5.11 Å². The first-order chi connectivity index (χ1) is 12.5. The van der Waals surface area contributed by atoms with Crippen LogP contribution in [0.2, 0.25) is 0 Å². The number of hydrogen-bond acceptors (Lipinski definition) is 5. The highest BCUT2D eigenvalue weighted by Gasteiger charge is 2.30. The number of benzene rings is 1. The monoisotopic (exact) mass is 351 g/mol. The lowest BCUT2D eigenvalue weighted by Gasteiger charge is -2.31. The highest BCUT2D eigenvalue weighted by Crippen LogP contribution is 2.36. The van der Waals surface area contributed by atoms with E-state index in [1.165, 1.54) is 16.6 Å². The molecule has 1 aliphatic carbocycles. The fourth-order valence-corrected chi connectivity index (χ4v) is 3.72. The quantitative estimate of drug-likeness (QED) is 0.739. The Kier molecular flexibility index (Phi) is 4.28. The Labute approximate surface area is 153 Å². The molecule has 1 aliphatic rings. The number of aliphatic hydroxyl groups excluding tert-OH is 1. The van der Waals surface area contributed by atoms with E-state index in [1.54, 1.807) is 0 Å². The van der Waals surface area contributed by atoms with Crippen molar-refractivity contribution in [3.8, 4) is 0 Å². The molecule has 2 aromatic heterocycles. The number of rotatable bonds is 5. The van der Waals surface area contributed by atoms with Gasteiger partial charge < -0.3 is 20.3 Å². The van der Waals surface area contributed by atoms with Gasteiger partial charge in [0.15, 0.2) is 0 Å². The third kappa shape index (κ3) is 3.12. The predicted octanol–water partition coefficient (Wildman–Crippen LogP) is 2.70. The molecule has 0 radical (unpaired) electrons. The molecule has 0 amide bonds. The van der Waals surface area contributed by atoms with Crippen LogP contribution in [-0.2, 0) is 6.54 Å². The first-order valence-corrected chi connectivity index (χ1v) is 9.10. The van der Waals surface area contributed by atoms with Gasteiger partial charge in [0, 0.05) is 43.3 Å². The van der Waals surface area contributed by atoms with Crippen molar-refractivity contribution in [2.75, 3.05) is 24.2 Å². The Hall–Kier alpha value is -2.60. The van der Waals surface area contributed by atoms with E-state index in [0.717, 1.165) is 37.4 Å². The average molecular weight is 351 g/mol. The molecule has 6 heteroatoms. The van der Waals surface area contributed by atoms with Crippen LogP contribution in [0.5, 0.6) is 0 Å². The van der Waals surface area contributed by atoms with E-state index in [0.29, 0.717) is 5.95 Å². The molecule has 0 atom stereocenters. The van der Waals surface area contributed by atoms with Crippen molar-refractivity contribution in [3.05, 3.63) is 47.8 Å². The summed E-state index contributed by atoms with van der Waals surface area (Å²) in [6.45, 7) is 3.84. The number of nitrogens with zero attached hydrogens (tertiary/aromatic N) is 4. The minimum absolute atomic E-state index is 0.206. The third-order valence-electron chi connectivity index (χ3n) is 5.35. The van der Waals surface area contributed by atoms with Crippen LogP contribution in [0.1, 0.15) is 30.1 Å². The van der Waals surface area contributed by atoms with E-state index in [9.17, 15) is 5.11 Å². The van der Waals surface area contributed by atoms with Gasteiger partial charge in [0.1, 0.15) is 5.82 Å². The van der Waals surface area contributed by atoms with Crippen LogP contribution in [0, 0.1) is 6.92 Å². The molecule has 3 N–H and O–H groups in total. The van der Waals surface area contributed by atoms with Gasteiger partial charge in [0.25, 0.3) is 0 Å². The fourth-order valence-electron chi connectivity index (χ4n) is 3.72. The summed E-state index contributed by atoms with van der Waals surface area (Å²) in [6.07, 6.45) is 1.31. The number of nitrogen functional groups attached to an aromatic ring is 1. The van der Waals surface area contributed by atoms with E-state index in [1.807, 2.05) is 13.1 Å². The Balaban J connectivity index is 1.51. The third-order valence-corrected chi connectivity index (χ3v) is 5.35. The normalized spacial score (nSPS) is 19.5. The second-order valence-corrected chi connectivity index (χ2v) is 7.25. The Bertz CT molecular complexity index is 929. The predicted molar refractivity (Wildman–Crippen MR) is 104 cm³/mol. The number of para-hydroxylation sites is 1. The number of hydrogen-bond donors (Lipinski definition) is 2. The Morgan fingerprint density at radius 2 is 2.00 bits per heavy atom. The molecule has 2 heterocycles. The summed E-state index contributed by atoms with van der Waals surface area (Å²) in [6, 6.07) is 12.7. The van der Waals surface area contributed by atoms with Gasteiger partial charge >= 0.3 is 0 Å². The summed E-state index contributed by atoms with van der Waals surface area (Å²) in [5.41, 5.74) is 9.37. The zero-order valence-corrected chi connectivity index (χ0v) is 15.3. The smallest absolute Gasteiger partial charge is 0.222 e. The van der Waals surface area contributed by atoms with Gasteiger partial charge in [-0.15, -0.1) is 0 Å². The minimum Gasteiger partial charge on any atom is -0.393 e. The molecular formula is C20H25N5O. The number of aliphatic hydroxyl groups is 1. The van der Waals surface area contributed by atoms with Crippen molar-refractivity contribution >= 4 is 22.7 Å². The summed E-state index contributed by atoms with van der Waals surface area (Å²) in [4.78, 5) is 10.9. The summed E-state index contributed by atoms with van der Waals surface area (Å²) < 4.78 is 2.33. The van der Waals surface area contributed by atoms with Crippen molar-refractivity contribution in [3.63, 3.8) is 0 Å². The van der Waals surface area contributed by atoms with Crippen LogP contribution in [0.25, 0.3) is 10.9 Å². The molecule has 0 bridgehead atoms. The first kappa shape index (κ1) is 16.8. The topological polar surface area (TPSA) is 80.2 Å². The van der Waals surface area contributed by atoms with Crippen LogP contribution in [0.3, 0.4) is 0 Å². The van der Waals surface area contributed by atoms with Gasteiger partial charge in [0.05, 0.1) is 11.8 Å². The first-order valence-electron chi connectivity index (χ1n) is 9.10. The van der Waals surface area contributed by atoms with Gasteiger partial charge in [-0.3, -0.25) is 0 Å². The summed E-state index contributed by atoms with van der Waals surface area (Å²) >= 11 is 0. The van der Waals surface area contributed by atoms with Crippen LogP contribution >= 0.6 is 0 Å². The number of fused-ring (bicyclic) bond motifs is 1. The van der Waals surface area contributed by atoms with Crippen molar-refractivity contribution in [2.24, 2.45) is 0 Å². The highest BCUT2D eigenvalue weighted by molar-refractivity contribution is 5.81. The largest absolute Gasteiger partial charge is 0.393 e. The van der Waals surface area contributed by atoms with E-state index in [4.69, 9.17) is 5.73 Å². The number of anilines is 2. The number of aromatic nitrogens is 3. The molecule has 26 heavy (non-hydrogen) atoms. The van der Waals surface area contributed by atoms with Crippen LogP contribution < -0.4 is 10.6 Å². The molecule has 0 unspecified atom stereocenters. The molecule has 136 valence electrons. The van der Waals surface area contributed by atoms with Gasteiger partial charge in [-0.1, -0.05) is 18.2 Å². The Morgan fingerprint density at radius 1 is 1.23 bits per heavy atom. The molecule has 1 fully saturated rings. The molecule has 0 aliphatic heterocycles. The lowest BCUT2D eigenvalue weighted by molar-refractivity contribution is 0.0732. The zero-order chi connectivity index (χ0) is 18.3. The lowest BCUT2D eigenvalue weighted by Crippen LogP contribution is -2.29. The molecular weight excluding hydrogens is 326 g/mol. The number of likely N-dealkylation sites (N-methyl/N-ethyl adjacent to an activating group) is 1. The van der Waals surface area contributed by atoms with Gasteiger partial charge in [-0.25, -0.2) is 4.98 Å². The summed E-state index contributed by atoms with van der Waals surface area (Å²) in [7, 11) is 2.03. The molecule has 1 saturated carbocycles. The lowest BCUT2D eigenvalue weighted by atomic mass is 9.80. The van der Waals surface area contributed by atoms with Crippen molar-refractivity contribution in [2.45, 2.75) is 38.3 Å². The van der Waals surface area contributed by atoms with Gasteiger partial charge in [-0.05, 0) is 37.3 Å². The van der Waals surface area contributed by atoms with Crippen molar-refractivity contribution in [1.82, 2.24) is 14.5 Å². The average Bonchev–Trinajstić information content (AvgIpc) is 2.91. The molecule has 3 aromatic rings. The summed E-state index contributed by atoms with van der Waals surface area (Å²) in [5, 5.41) is 10.8. The highest BCUT2D eigenvalue weighted by atomic mass is 16.3. The van der Waals surface area contributed by atoms with E-state index < -0.39 is 0 Å². The fraction of sp³-hybridized carbons (Fsp3) is 0.400. The SMILES string of the molecule is Cc1cc2ccccc2n1CCN(C)c1cc(C2CC(O)C2)nc(N)n1. The second-order valence-electron chi connectivity index (χ2n) is 7.25. The number of nitrogens with two attached hydrogens (primary N) is 1. The van der Waals surface area contributed by atoms with Crippen LogP contribution in [0.4, 0.5) is 11.8 Å². The minimum atomic E-state index is -0.206.